The van der Waals surface area contributed by atoms with Gasteiger partial charge in [-0.2, -0.15) is 0 Å². The second-order valence-electron chi connectivity index (χ2n) is 7.99. The van der Waals surface area contributed by atoms with Gasteiger partial charge in [-0.1, -0.05) is 81.9 Å². The summed E-state index contributed by atoms with van der Waals surface area (Å²) in [6.45, 7) is 11.8. The molecular formula is C29H43KN4O4. The van der Waals surface area contributed by atoms with Crippen molar-refractivity contribution in [2.75, 3.05) is 13.1 Å². The quantitative estimate of drug-likeness (QED) is 0.277. The van der Waals surface area contributed by atoms with Gasteiger partial charge in [0.2, 0.25) is 5.78 Å². The number of benzene rings is 2. The monoisotopic (exact) mass is 550 g/mol. The van der Waals surface area contributed by atoms with Crippen molar-refractivity contribution in [2.45, 2.75) is 54.9 Å². The van der Waals surface area contributed by atoms with Crippen molar-refractivity contribution in [3.63, 3.8) is 0 Å². The number of carbonyl (C=O) groups is 3. The van der Waals surface area contributed by atoms with Crippen molar-refractivity contribution in [3.8, 4) is 11.3 Å². The summed E-state index contributed by atoms with van der Waals surface area (Å²) in [6.07, 6.45) is 1.88. The van der Waals surface area contributed by atoms with Gasteiger partial charge in [0, 0.05) is 37.3 Å². The van der Waals surface area contributed by atoms with Crippen molar-refractivity contribution >= 4 is 17.3 Å². The molecule has 8 nitrogen and oxygen atoms in total. The van der Waals surface area contributed by atoms with Crippen LogP contribution in [0.5, 0.6) is 0 Å². The Hall–Kier alpha value is -1.95. The molecule has 3 aromatic rings. The SMILES string of the molecule is C.CC(=O)C(=O)c1ccccc1.CC(C)=O.Cc1nc(C(C)C)cnc1-c1ccccc1.NCCN.[K+].[OH-]. The fourth-order valence-electron chi connectivity index (χ4n) is 2.45. The molecule has 1 aromatic heterocycles. The summed E-state index contributed by atoms with van der Waals surface area (Å²) in [6, 6.07) is 18.7. The minimum absolute atomic E-state index is 0. The summed E-state index contributed by atoms with van der Waals surface area (Å²) < 4.78 is 0. The molecule has 9 heteroatoms. The number of aryl methyl sites for hydroxylation is 1. The zero-order valence-corrected chi connectivity index (χ0v) is 26.2. The molecule has 5 N–H and O–H groups in total. The number of nitrogens with two attached hydrogens (primary N) is 2. The maximum Gasteiger partial charge on any atom is 1.00 e. The molecule has 204 valence electrons. The third-order valence-corrected chi connectivity index (χ3v) is 4.13. The van der Waals surface area contributed by atoms with E-state index < -0.39 is 11.6 Å². The molecule has 0 fully saturated rings. The Bertz CT molecular complexity index is 1040. The van der Waals surface area contributed by atoms with Gasteiger partial charge in [0.15, 0.2) is 5.78 Å². The van der Waals surface area contributed by atoms with E-state index in [0.29, 0.717) is 24.6 Å². The third kappa shape index (κ3) is 19.2. The fourth-order valence-corrected chi connectivity index (χ4v) is 2.45. The summed E-state index contributed by atoms with van der Waals surface area (Å²) in [5, 5.41) is 0. The fraction of sp³-hybridized carbons (Fsp3) is 0.345. The Morgan fingerprint density at radius 2 is 1.26 bits per heavy atom. The molecule has 0 bridgehead atoms. The molecule has 0 amide bonds. The van der Waals surface area contributed by atoms with Gasteiger partial charge in [0.1, 0.15) is 5.78 Å². The van der Waals surface area contributed by atoms with Gasteiger partial charge in [-0.15, -0.1) is 0 Å². The third-order valence-electron chi connectivity index (χ3n) is 4.13. The number of rotatable bonds is 5. The van der Waals surface area contributed by atoms with E-state index in [-0.39, 0.29) is 70.1 Å². The second-order valence-corrected chi connectivity index (χ2v) is 7.99. The van der Waals surface area contributed by atoms with Crippen LogP contribution in [0.4, 0.5) is 0 Å². The van der Waals surface area contributed by atoms with Crippen molar-refractivity contribution < 1.29 is 71.2 Å². The number of hydrogen-bond acceptors (Lipinski definition) is 8. The molecule has 0 radical (unpaired) electrons. The summed E-state index contributed by atoms with van der Waals surface area (Å²) in [7, 11) is 0. The summed E-state index contributed by atoms with van der Waals surface area (Å²) >= 11 is 0. The molecule has 0 aliphatic carbocycles. The first kappa shape index (κ1) is 43.1. The molecule has 3 rings (SSSR count). The van der Waals surface area contributed by atoms with Crippen LogP contribution < -0.4 is 62.9 Å². The first-order valence-electron chi connectivity index (χ1n) is 11.4. The molecule has 0 unspecified atom stereocenters. The van der Waals surface area contributed by atoms with Gasteiger partial charge in [-0.05, 0) is 26.7 Å². The van der Waals surface area contributed by atoms with Gasteiger partial charge in [0.05, 0.1) is 17.1 Å². The van der Waals surface area contributed by atoms with Gasteiger partial charge >= 0.3 is 51.4 Å². The molecule has 0 aliphatic rings. The van der Waals surface area contributed by atoms with Crippen LogP contribution in [0.25, 0.3) is 11.3 Å². The number of nitrogens with zero attached hydrogens (tertiary/aromatic N) is 2. The van der Waals surface area contributed by atoms with E-state index in [4.69, 9.17) is 11.5 Å². The van der Waals surface area contributed by atoms with E-state index in [1.807, 2.05) is 31.3 Å². The molecule has 0 atom stereocenters. The van der Waals surface area contributed by atoms with Crippen LogP contribution in [0.1, 0.15) is 69.7 Å². The van der Waals surface area contributed by atoms with Crippen molar-refractivity contribution in [2.24, 2.45) is 11.5 Å². The largest absolute Gasteiger partial charge is 1.00 e. The van der Waals surface area contributed by atoms with Gasteiger partial charge in [0.25, 0.3) is 0 Å². The van der Waals surface area contributed by atoms with E-state index in [9.17, 15) is 14.4 Å². The number of Topliss-reactive ketones (excluding diaryl/α,β-unsaturated/α-hetero) is 3. The normalized spacial score (nSPS) is 8.66. The minimum Gasteiger partial charge on any atom is -0.870 e. The maximum atomic E-state index is 11.0. The number of carbonyl (C=O) groups excluding carboxylic acids is 3. The molecule has 0 spiro atoms. The van der Waals surface area contributed by atoms with E-state index >= 15 is 0 Å². The molecule has 0 aliphatic heterocycles. The van der Waals surface area contributed by atoms with Gasteiger partial charge in [-0.3, -0.25) is 19.6 Å². The minimum atomic E-state index is -0.425. The van der Waals surface area contributed by atoms with Crippen LogP contribution in [-0.4, -0.2) is 45.9 Å². The van der Waals surface area contributed by atoms with Crippen LogP contribution in [0.15, 0.2) is 66.9 Å². The van der Waals surface area contributed by atoms with Crippen LogP contribution in [0, 0.1) is 6.92 Å². The molecule has 0 saturated carbocycles. The average molecular weight is 551 g/mol. The first-order valence-corrected chi connectivity index (χ1v) is 11.4. The molecule has 0 saturated heterocycles. The van der Waals surface area contributed by atoms with E-state index in [0.717, 1.165) is 22.6 Å². The Morgan fingerprint density at radius 3 is 1.61 bits per heavy atom. The predicted octanol–water partition coefficient (Wildman–Crippen LogP) is 2.00. The summed E-state index contributed by atoms with van der Waals surface area (Å²) in [4.78, 5) is 40.1. The number of hydrogen-bond donors (Lipinski definition) is 2. The van der Waals surface area contributed by atoms with Crippen molar-refractivity contribution in [1.29, 1.82) is 0 Å². The van der Waals surface area contributed by atoms with Crippen molar-refractivity contribution in [1.82, 2.24) is 9.97 Å². The average Bonchev–Trinajstić information content (AvgIpc) is 2.84. The first-order chi connectivity index (χ1) is 16.5. The van der Waals surface area contributed by atoms with E-state index in [1.54, 1.807) is 30.3 Å². The molecule has 2 aromatic carbocycles. The molecular weight excluding hydrogens is 507 g/mol. The topological polar surface area (TPSA) is 159 Å². The zero-order valence-electron chi connectivity index (χ0n) is 23.1. The Morgan fingerprint density at radius 1 is 0.842 bits per heavy atom. The van der Waals surface area contributed by atoms with Crippen LogP contribution in [0.2, 0.25) is 0 Å². The van der Waals surface area contributed by atoms with Crippen LogP contribution >= 0.6 is 0 Å². The number of aromatic nitrogens is 2. The summed E-state index contributed by atoms with van der Waals surface area (Å²) in [5.74, 6) is -0.252. The Kier molecular flexibility index (Phi) is 28.7. The summed E-state index contributed by atoms with van der Waals surface area (Å²) in [5.41, 5.74) is 14.4. The van der Waals surface area contributed by atoms with E-state index in [1.165, 1.54) is 20.8 Å². The smallest absolute Gasteiger partial charge is 0.870 e. The molecule has 1 heterocycles. The van der Waals surface area contributed by atoms with Crippen LogP contribution in [-0.2, 0) is 9.59 Å². The van der Waals surface area contributed by atoms with E-state index in [2.05, 4.69) is 35.9 Å². The zero-order chi connectivity index (χ0) is 26.8. The molecule has 38 heavy (non-hydrogen) atoms. The van der Waals surface area contributed by atoms with Crippen molar-refractivity contribution in [3.05, 3.63) is 83.8 Å². The van der Waals surface area contributed by atoms with Gasteiger partial charge in [-0.25, -0.2) is 0 Å². The Labute approximate surface area is 270 Å². The Balaban J connectivity index is -0.000000231. The van der Waals surface area contributed by atoms with Gasteiger partial charge < -0.3 is 21.7 Å². The van der Waals surface area contributed by atoms with Crippen LogP contribution in [0.3, 0.4) is 0 Å². The standard InChI is InChI=1S/C14H16N2.C9H8O2.C3H6O.C2H8N2.CH4.K.H2O/c1-10(2)13-9-15-14(11(3)16-13)12-7-5-4-6-8-12;1-7(10)9(11)8-5-3-2-4-6-8;1-3(2)4;3-1-2-4;;;/h4-10H,1-3H3;2-6H,1H3;1-2H3;1-4H2;1H4;;1H2/q;;;;;+1;/p-1. The maximum absolute atomic E-state index is 11.0. The predicted molar refractivity (Wildman–Crippen MR) is 151 cm³/mol. The second kappa shape index (κ2) is 25.3. The number of ketones is 3.